The smallest absolute Gasteiger partial charge is 0.226 e. The molecule has 1 saturated carbocycles. The lowest BCUT2D eigenvalue weighted by atomic mass is 9.99. The first-order valence-electron chi connectivity index (χ1n) is 12.9. The Labute approximate surface area is 198 Å². The van der Waals surface area contributed by atoms with Gasteiger partial charge in [-0.15, -0.1) is 0 Å². The molecule has 0 atom stereocenters. The van der Waals surface area contributed by atoms with Gasteiger partial charge < -0.3 is 10.1 Å². The van der Waals surface area contributed by atoms with Crippen LogP contribution in [0.4, 0.5) is 0 Å². The minimum atomic E-state index is 0.0695. The van der Waals surface area contributed by atoms with Gasteiger partial charge in [0.2, 0.25) is 5.91 Å². The van der Waals surface area contributed by atoms with Gasteiger partial charge in [0.15, 0.2) is 0 Å². The van der Waals surface area contributed by atoms with Crippen molar-refractivity contribution in [2.75, 3.05) is 26.2 Å². The van der Waals surface area contributed by atoms with Gasteiger partial charge in [0.1, 0.15) is 5.75 Å². The van der Waals surface area contributed by atoms with E-state index in [1.807, 2.05) is 25.3 Å². The van der Waals surface area contributed by atoms with Gasteiger partial charge >= 0.3 is 0 Å². The van der Waals surface area contributed by atoms with Crippen LogP contribution in [0.15, 0.2) is 36.5 Å². The van der Waals surface area contributed by atoms with Crippen molar-refractivity contribution in [3.63, 3.8) is 0 Å². The van der Waals surface area contributed by atoms with Crippen LogP contribution in [0.3, 0.4) is 0 Å². The molecule has 2 fully saturated rings. The maximum absolute atomic E-state index is 12.3. The monoisotopic (exact) mass is 449 g/mol. The second kappa shape index (κ2) is 12.2. The zero-order chi connectivity index (χ0) is 22.9. The van der Waals surface area contributed by atoms with Gasteiger partial charge in [0.25, 0.3) is 0 Å². The molecular weight excluding hydrogens is 410 g/mol. The molecule has 5 heteroatoms. The standard InChI is InChI=1S/C28H39N3O2/c1-2-33-26-12-13-27(24(18-26)21-31-16-6-3-7-17-31)23-10-11-25(30-20-23)19-28(32)29-15-14-22-8-4-5-9-22/h10-13,18,20,22H,2-9,14-17,19,21H2,1H3,(H,29,32). The lowest BCUT2D eigenvalue weighted by Gasteiger charge is -2.27. The maximum atomic E-state index is 12.3. The Morgan fingerprint density at radius 3 is 2.64 bits per heavy atom. The molecule has 0 spiro atoms. The fourth-order valence-electron chi connectivity index (χ4n) is 5.23. The Morgan fingerprint density at radius 1 is 1.09 bits per heavy atom. The molecular formula is C28H39N3O2. The number of likely N-dealkylation sites (tertiary alicyclic amines) is 1. The molecule has 2 aliphatic rings. The van der Waals surface area contributed by atoms with E-state index in [0.29, 0.717) is 13.0 Å². The van der Waals surface area contributed by atoms with Gasteiger partial charge in [-0.2, -0.15) is 0 Å². The predicted molar refractivity (Wildman–Crippen MR) is 133 cm³/mol. The summed E-state index contributed by atoms with van der Waals surface area (Å²) in [6, 6.07) is 10.5. The zero-order valence-electron chi connectivity index (χ0n) is 20.2. The molecule has 1 aliphatic carbocycles. The molecule has 0 bridgehead atoms. The number of nitrogens with one attached hydrogen (secondary N) is 1. The van der Waals surface area contributed by atoms with Crippen molar-refractivity contribution in [2.45, 2.75) is 71.3 Å². The Hall–Kier alpha value is -2.40. The Balaban J connectivity index is 1.38. The Kier molecular flexibility index (Phi) is 8.76. The highest BCUT2D eigenvalue weighted by Crippen LogP contribution is 2.29. The van der Waals surface area contributed by atoms with Crippen LogP contribution in [-0.4, -0.2) is 42.0 Å². The molecule has 0 unspecified atom stereocenters. The number of carbonyl (C=O) groups is 1. The molecule has 1 aromatic carbocycles. The summed E-state index contributed by atoms with van der Waals surface area (Å²) < 4.78 is 5.78. The minimum Gasteiger partial charge on any atom is -0.494 e. The first-order valence-corrected chi connectivity index (χ1v) is 12.9. The lowest BCUT2D eigenvalue weighted by molar-refractivity contribution is -0.120. The lowest BCUT2D eigenvalue weighted by Crippen LogP contribution is -2.29. The van der Waals surface area contributed by atoms with Crippen LogP contribution in [0.1, 0.15) is 69.5 Å². The van der Waals surface area contributed by atoms with Crippen molar-refractivity contribution in [3.8, 4) is 16.9 Å². The van der Waals surface area contributed by atoms with E-state index in [9.17, 15) is 4.79 Å². The molecule has 1 saturated heterocycles. The molecule has 1 aromatic heterocycles. The number of piperidine rings is 1. The van der Waals surface area contributed by atoms with Crippen LogP contribution in [0.2, 0.25) is 0 Å². The van der Waals surface area contributed by atoms with Gasteiger partial charge in [-0.05, 0) is 74.5 Å². The molecule has 1 amide bonds. The third-order valence-electron chi connectivity index (χ3n) is 7.06. The second-order valence-corrected chi connectivity index (χ2v) is 9.59. The molecule has 1 N–H and O–H groups in total. The fourth-order valence-corrected chi connectivity index (χ4v) is 5.23. The Bertz CT molecular complexity index is 885. The van der Waals surface area contributed by atoms with Crippen LogP contribution in [0, 0.1) is 5.92 Å². The number of carbonyl (C=O) groups excluding carboxylic acids is 1. The van der Waals surface area contributed by atoms with E-state index in [0.717, 1.165) is 55.5 Å². The van der Waals surface area contributed by atoms with Crippen LogP contribution >= 0.6 is 0 Å². The van der Waals surface area contributed by atoms with Crippen molar-refractivity contribution >= 4 is 5.91 Å². The second-order valence-electron chi connectivity index (χ2n) is 9.59. The number of ether oxygens (including phenoxy) is 1. The largest absolute Gasteiger partial charge is 0.494 e. The number of nitrogens with zero attached hydrogens (tertiary/aromatic N) is 2. The quantitative estimate of drug-likeness (QED) is 0.530. The van der Waals surface area contributed by atoms with Crippen molar-refractivity contribution in [1.82, 2.24) is 15.2 Å². The molecule has 1 aliphatic heterocycles. The normalized spacial score (nSPS) is 17.2. The van der Waals surface area contributed by atoms with E-state index in [2.05, 4.69) is 33.4 Å². The SMILES string of the molecule is CCOc1ccc(-c2ccc(CC(=O)NCCC3CCCC3)nc2)c(CN2CCCCC2)c1. The zero-order valence-corrected chi connectivity index (χ0v) is 20.2. The maximum Gasteiger partial charge on any atom is 0.226 e. The number of hydrogen-bond donors (Lipinski definition) is 1. The third-order valence-corrected chi connectivity index (χ3v) is 7.06. The van der Waals surface area contributed by atoms with Crippen LogP contribution in [0.25, 0.3) is 11.1 Å². The highest BCUT2D eigenvalue weighted by Gasteiger charge is 2.16. The summed E-state index contributed by atoms with van der Waals surface area (Å²) in [6.45, 7) is 6.72. The molecule has 5 nitrogen and oxygen atoms in total. The van der Waals surface area contributed by atoms with Crippen molar-refractivity contribution in [1.29, 1.82) is 0 Å². The van der Waals surface area contributed by atoms with Crippen LogP contribution in [0.5, 0.6) is 5.75 Å². The number of aromatic nitrogens is 1. The average molecular weight is 450 g/mol. The fraction of sp³-hybridized carbons (Fsp3) is 0.571. The molecule has 2 aromatic rings. The molecule has 178 valence electrons. The highest BCUT2D eigenvalue weighted by atomic mass is 16.5. The van der Waals surface area contributed by atoms with Gasteiger partial charge in [-0.1, -0.05) is 44.2 Å². The van der Waals surface area contributed by atoms with E-state index in [-0.39, 0.29) is 5.91 Å². The topological polar surface area (TPSA) is 54.5 Å². The van der Waals surface area contributed by atoms with Crippen molar-refractivity contribution < 1.29 is 9.53 Å². The van der Waals surface area contributed by atoms with E-state index < -0.39 is 0 Å². The summed E-state index contributed by atoms with van der Waals surface area (Å²) in [5.74, 6) is 1.79. The van der Waals surface area contributed by atoms with E-state index in [1.54, 1.807) is 0 Å². The van der Waals surface area contributed by atoms with Gasteiger partial charge in [0, 0.05) is 30.5 Å². The first kappa shape index (κ1) is 23.7. The van der Waals surface area contributed by atoms with Gasteiger partial charge in [-0.25, -0.2) is 0 Å². The summed E-state index contributed by atoms with van der Waals surface area (Å²) in [4.78, 5) is 19.5. The first-order chi connectivity index (χ1) is 16.2. The molecule has 0 radical (unpaired) electrons. The van der Waals surface area contributed by atoms with E-state index in [4.69, 9.17) is 4.74 Å². The minimum absolute atomic E-state index is 0.0695. The van der Waals surface area contributed by atoms with E-state index >= 15 is 0 Å². The van der Waals surface area contributed by atoms with Crippen molar-refractivity contribution in [2.24, 2.45) is 5.92 Å². The van der Waals surface area contributed by atoms with E-state index in [1.165, 1.54) is 56.1 Å². The summed E-state index contributed by atoms with van der Waals surface area (Å²) >= 11 is 0. The highest BCUT2D eigenvalue weighted by molar-refractivity contribution is 5.78. The molecule has 4 rings (SSSR count). The summed E-state index contributed by atoms with van der Waals surface area (Å²) in [6.07, 6.45) is 12.6. The molecule has 2 heterocycles. The number of benzene rings is 1. The van der Waals surface area contributed by atoms with Crippen LogP contribution in [-0.2, 0) is 17.8 Å². The van der Waals surface area contributed by atoms with Gasteiger partial charge in [0.05, 0.1) is 13.0 Å². The summed E-state index contributed by atoms with van der Waals surface area (Å²) in [7, 11) is 0. The summed E-state index contributed by atoms with van der Waals surface area (Å²) in [5, 5.41) is 3.08. The molecule has 33 heavy (non-hydrogen) atoms. The number of pyridine rings is 1. The Morgan fingerprint density at radius 2 is 1.91 bits per heavy atom. The number of hydrogen-bond acceptors (Lipinski definition) is 4. The average Bonchev–Trinajstić information content (AvgIpc) is 3.34. The summed E-state index contributed by atoms with van der Waals surface area (Å²) in [5.41, 5.74) is 4.39. The predicted octanol–water partition coefficient (Wildman–Crippen LogP) is 5.37. The number of amides is 1. The van der Waals surface area contributed by atoms with Gasteiger partial charge in [-0.3, -0.25) is 14.7 Å². The number of rotatable bonds is 10. The van der Waals surface area contributed by atoms with Crippen molar-refractivity contribution in [3.05, 3.63) is 47.8 Å². The third kappa shape index (κ3) is 7.04. The van der Waals surface area contributed by atoms with Crippen LogP contribution < -0.4 is 10.1 Å².